The van der Waals surface area contributed by atoms with Crippen molar-refractivity contribution in [1.82, 2.24) is 0 Å². The molecular formula is C14H13BrFNO. The Balaban J connectivity index is 2.13. The van der Waals surface area contributed by atoms with Crippen molar-refractivity contribution in [3.05, 3.63) is 57.8 Å². The highest BCUT2D eigenvalue weighted by atomic mass is 79.9. The van der Waals surface area contributed by atoms with Crippen LogP contribution < -0.4 is 5.32 Å². The molecule has 2 aromatic rings. The van der Waals surface area contributed by atoms with Gasteiger partial charge in [-0.3, -0.25) is 0 Å². The van der Waals surface area contributed by atoms with Crippen LogP contribution in [0, 0.1) is 12.7 Å². The van der Waals surface area contributed by atoms with Gasteiger partial charge in [0.1, 0.15) is 11.6 Å². The molecule has 2 N–H and O–H groups in total. The van der Waals surface area contributed by atoms with Gasteiger partial charge >= 0.3 is 0 Å². The number of phenols is 1. The molecule has 2 nitrogen and oxygen atoms in total. The smallest absolute Gasteiger partial charge is 0.123 e. The highest BCUT2D eigenvalue weighted by Crippen LogP contribution is 2.22. The maximum Gasteiger partial charge on any atom is 0.123 e. The van der Waals surface area contributed by atoms with Crippen LogP contribution >= 0.6 is 15.9 Å². The Bertz CT molecular complexity index is 551. The van der Waals surface area contributed by atoms with Gasteiger partial charge in [-0.15, -0.1) is 0 Å². The van der Waals surface area contributed by atoms with Crippen LogP contribution in [-0.2, 0) is 6.54 Å². The average molecular weight is 310 g/mol. The quantitative estimate of drug-likeness (QED) is 0.890. The standard InChI is InChI=1S/C14H13BrFNO/c1-9-4-11(15)7-13(5-9)17-8-10-6-12(16)2-3-14(10)18/h2-7,17-18H,8H2,1H3. The van der Waals surface area contributed by atoms with Crippen LogP contribution in [0.25, 0.3) is 0 Å². The minimum Gasteiger partial charge on any atom is -0.508 e. The van der Waals surface area contributed by atoms with Crippen molar-refractivity contribution in [1.29, 1.82) is 0 Å². The van der Waals surface area contributed by atoms with Crippen molar-refractivity contribution < 1.29 is 9.50 Å². The molecule has 0 atom stereocenters. The van der Waals surface area contributed by atoms with Crippen molar-refractivity contribution in [2.45, 2.75) is 13.5 Å². The van der Waals surface area contributed by atoms with Gasteiger partial charge in [0.15, 0.2) is 0 Å². The second-order valence-corrected chi connectivity index (χ2v) is 5.06. The molecule has 0 saturated heterocycles. The maximum absolute atomic E-state index is 13.1. The SMILES string of the molecule is Cc1cc(Br)cc(NCc2cc(F)ccc2O)c1. The molecule has 0 aliphatic heterocycles. The van der Waals surface area contributed by atoms with Crippen LogP contribution in [0.2, 0.25) is 0 Å². The third-order valence-corrected chi connectivity index (χ3v) is 3.02. The number of aromatic hydroxyl groups is 1. The first-order valence-electron chi connectivity index (χ1n) is 5.53. The van der Waals surface area contributed by atoms with Gasteiger partial charge in [-0.2, -0.15) is 0 Å². The van der Waals surface area contributed by atoms with Crippen LogP contribution in [0.1, 0.15) is 11.1 Å². The first kappa shape index (κ1) is 12.9. The summed E-state index contributed by atoms with van der Waals surface area (Å²) in [5.41, 5.74) is 2.58. The molecule has 4 heteroatoms. The van der Waals surface area contributed by atoms with E-state index in [-0.39, 0.29) is 11.6 Å². The van der Waals surface area contributed by atoms with E-state index < -0.39 is 0 Å². The molecular weight excluding hydrogens is 297 g/mol. The molecule has 0 amide bonds. The van der Waals surface area contributed by atoms with Crippen LogP contribution in [0.5, 0.6) is 5.75 Å². The number of anilines is 1. The van der Waals surface area contributed by atoms with Crippen molar-refractivity contribution in [3.8, 4) is 5.75 Å². The van der Waals surface area contributed by atoms with Gasteiger partial charge in [-0.25, -0.2) is 4.39 Å². The number of nitrogens with one attached hydrogen (secondary N) is 1. The van der Waals surface area contributed by atoms with Crippen molar-refractivity contribution >= 4 is 21.6 Å². The van der Waals surface area contributed by atoms with Crippen molar-refractivity contribution in [2.24, 2.45) is 0 Å². The third kappa shape index (κ3) is 3.23. The number of hydrogen-bond acceptors (Lipinski definition) is 2. The Labute approximate surface area is 114 Å². The molecule has 0 bridgehead atoms. The van der Waals surface area contributed by atoms with E-state index in [2.05, 4.69) is 21.2 Å². The summed E-state index contributed by atoms with van der Waals surface area (Å²) in [4.78, 5) is 0. The van der Waals surface area contributed by atoms with E-state index in [0.717, 1.165) is 15.7 Å². The van der Waals surface area contributed by atoms with Gasteiger partial charge in [0.05, 0.1) is 0 Å². The third-order valence-electron chi connectivity index (χ3n) is 2.57. The summed E-state index contributed by atoms with van der Waals surface area (Å²) in [7, 11) is 0. The molecule has 0 radical (unpaired) electrons. The lowest BCUT2D eigenvalue weighted by Crippen LogP contribution is -2.00. The lowest BCUT2D eigenvalue weighted by Gasteiger charge is -2.09. The molecule has 0 unspecified atom stereocenters. The van der Waals surface area contributed by atoms with Crippen LogP contribution in [-0.4, -0.2) is 5.11 Å². The molecule has 0 aromatic heterocycles. The predicted octanol–water partition coefficient (Wildman–Crippen LogP) is 4.21. The Hall–Kier alpha value is -1.55. The normalized spacial score (nSPS) is 10.4. The van der Waals surface area contributed by atoms with Crippen LogP contribution in [0.4, 0.5) is 10.1 Å². The predicted molar refractivity (Wildman–Crippen MR) is 74.3 cm³/mol. The highest BCUT2D eigenvalue weighted by Gasteiger charge is 2.03. The monoisotopic (exact) mass is 309 g/mol. The van der Waals surface area contributed by atoms with E-state index in [1.165, 1.54) is 18.2 Å². The van der Waals surface area contributed by atoms with Gasteiger partial charge in [0.2, 0.25) is 0 Å². The maximum atomic E-state index is 13.1. The number of hydrogen-bond donors (Lipinski definition) is 2. The van der Waals surface area contributed by atoms with Crippen molar-refractivity contribution in [3.63, 3.8) is 0 Å². The minimum atomic E-state index is -0.352. The van der Waals surface area contributed by atoms with Crippen LogP contribution in [0.15, 0.2) is 40.9 Å². The van der Waals surface area contributed by atoms with E-state index in [0.29, 0.717) is 12.1 Å². The Morgan fingerprint density at radius 1 is 1.22 bits per heavy atom. The largest absolute Gasteiger partial charge is 0.508 e. The summed E-state index contributed by atoms with van der Waals surface area (Å²) in [6.07, 6.45) is 0. The summed E-state index contributed by atoms with van der Waals surface area (Å²) in [6.45, 7) is 2.37. The first-order chi connectivity index (χ1) is 8.54. The zero-order valence-electron chi connectivity index (χ0n) is 9.87. The molecule has 94 valence electrons. The second-order valence-electron chi connectivity index (χ2n) is 4.14. The van der Waals surface area contributed by atoms with E-state index in [9.17, 15) is 9.50 Å². The molecule has 0 fully saturated rings. The molecule has 2 rings (SSSR count). The molecule has 2 aromatic carbocycles. The fourth-order valence-corrected chi connectivity index (χ4v) is 2.34. The average Bonchev–Trinajstić information content (AvgIpc) is 2.29. The number of rotatable bonds is 3. The van der Waals surface area contributed by atoms with E-state index in [4.69, 9.17) is 0 Å². The van der Waals surface area contributed by atoms with Gasteiger partial charge in [-0.1, -0.05) is 15.9 Å². The van der Waals surface area contributed by atoms with Gasteiger partial charge in [-0.05, 0) is 48.9 Å². The van der Waals surface area contributed by atoms with Gasteiger partial charge in [0.25, 0.3) is 0 Å². The molecule has 0 aliphatic carbocycles. The molecule has 18 heavy (non-hydrogen) atoms. The van der Waals surface area contributed by atoms with E-state index in [1.807, 2.05) is 25.1 Å². The zero-order valence-corrected chi connectivity index (χ0v) is 11.5. The highest BCUT2D eigenvalue weighted by molar-refractivity contribution is 9.10. The number of halogens is 2. The van der Waals surface area contributed by atoms with E-state index in [1.54, 1.807) is 0 Å². The lowest BCUT2D eigenvalue weighted by molar-refractivity contribution is 0.466. The molecule has 0 heterocycles. The summed E-state index contributed by atoms with van der Waals surface area (Å²) < 4.78 is 14.0. The minimum absolute atomic E-state index is 0.0932. The fraction of sp³-hybridized carbons (Fsp3) is 0.143. The molecule has 0 aliphatic rings. The second kappa shape index (κ2) is 5.40. The first-order valence-corrected chi connectivity index (χ1v) is 6.32. The summed E-state index contributed by atoms with van der Waals surface area (Å²) in [6, 6.07) is 9.85. The Morgan fingerprint density at radius 3 is 2.72 bits per heavy atom. The molecule has 0 spiro atoms. The topological polar surface area (TPSA) is 32.3 Å². The zero-order chi connectivity index (χ0) is 13.1. The summed E-state index contributed by atoms with van der Waals surface area (Å²) in [5, 5.41) is 12.8. The number of benzene rings is 2. The van der Waals surface area contributed by atoms with E-state index >= 15 is 0 Å². The summed E-state index contributed by atoms with van der Waals surface area (Å²) in [5.74, 6) is -0.259. The summed E-state index contributed by atoms with van der Waals surface area (Å²) >= 11 is 3.42. The van der Waals surface area contributed by atoms with Crippen molar-refractivity contribution in [2.75, 3.05) is 5.32 Å². The van der Waals surface area contributed by atoms with Gasteiger partial charge in [0, 0.05) is 22.3 Å². The lowest BCUT2D eigenvalue weighted by atomic mass is 10.1. The Morgan fingerprint density at radius 2 is 2.00 bits per heavy atom. The fourth-order valence-electron chi connectivity index (χ4n) is 1.73. The number of aryl methyl sites for hydroxylation is 1. The number of phenolic OH excluding ortho intramolecular Hbond substituents is 1. The molecule has 0 saturated carbocycles. The van der Waals surface area contributed by atoms with Crippen LogP contribution in [0.3, 0.4) is 0 Å². The van der Waals surface area contributed by atoms with Gasteiger partial charge < -0.3 is 10.4 Å². The Kier molecular flexibility index (Phi) is 3.87.